The number of aryl methyl sites for hydroxylation is 1. The summed E-state index contributed by atoms with van der Waals surface area (Å²) in [5.41, 5.74) is 1.03. The second-order valence-corrected chi connectivity index (χ2v) is 4.81. The van der Waals surface area contributed by atoms with Gasteiger partial charge in [-0.05, 0) is 45.9 Å². The lowest BCUT2D eigenvalue weighted by molar-refractivity contribution is -0.129. The Labute approximate surface area is 104 Å². The predicted molar refractivity (Wildman–Crippen MR) is 71.6 cm³/mol. The first-order valence-corrected chi connectivity index (χ1v) is 6.05. The zero-order chi connectivity index (χ0) is 13.0. The van der Waals surface area contributed by atoms with Crippen LogP contribution in [0.15, 0.2) is 24.4 Å². The van der Waals surface area contributed by atoms with Crippen LogP contribution in [0.5, 0.6) is 0 Å². The molecule has 0 saturated heterocycles. The summed E-state index contributed by atoms with van der Waals surface area (Å²) in [6, 6.07) is 4.40. The standard InChI is InChI=1S/C14H22N2O/c1-11(2)16(12(3)4)14(17)9-8-13-7-6-10-15(13)5/h6-12H,1-5H3. The lowest BCUT2D eigenvalue weighted by atomic mass is 10.2. The Hall–Kier alpha value is -1.51. The third-order valence-electron chi connectivity index (χ3n) is 2.75. The number of carbonyl (C=O) groups excluding carboxylic acids is 1. The zero-order valence-corrected chi connectivity index (χ0v) is 11.3. The first kappa shape index (κ1) is 13.6. The summed E-state index contributed by atoms with van der Waals surface area (Å²) in [4.78, 5) is 13.9. The van der Waals surface area contributed by atoms with E-state index in [-0.39, 0.29) is 18.0 Å². The SMILES string of the molecule is CC(C)N(C(=O)C=Cc1cccn1C)C(C)C. The fraction of sp³-hybridized carbons (Fsp3) is 0.500. The Morgan fingerprint density at radius 3 is 2.29 bits per heavy atom. The minimum atomic E-state index is 0.0659. The maximum absolute atomic E-state index is 12.1. The molecule has 1 heterocycles. The first-order valence-electron chi connectivity index (χ1n) is 6.05. The van der Waals surface area contributed by atoms with Crippen LogP contribution in [0.2, 0.25) is 0 Å². The van der Waals surface area contributed by atoms with E-state index in [0.717, 1.165) is 5.69 Å². The summed E-state index contributed by atoms with van der Waals surface area (Å²) in [6.07, 6.45) is 5.47. The molecule has 1 aromatic heterocycles. The van der Waals surface area contributed by atoms with Crippen LogP contribution in [0.3, 0.4) is 0 Å². The Morgan fingerprint density at radius 2 is 1.88 bits per heavy atom. The van der Waals surface area contributed by atoms with Crippen LogP contribution < -0.4 is 0 Å². The van der Waals surface area contributed by atoms with Crippen molar-refractivity contribution in [2.45, 2.75) is 39.8 Å². The average Bonchev–Trinajstić information content (AvgIpc) is 2.59. The van der Waals surface area contributed by atoms with Gasteiger partial charge in [-0.15, -0.1) is 0 Å². The number of aromatic nitrogens is 1. The molecule has 0 aliphatic rings. The van der Waals surface area contributed by atoms with Crippen molar-refractivity contribution in [1.29, 1.82) is 0 Å². The van der Waals surface area contributed by atoms with Crippen LogP contribution in [0.25, 0.3) is 6.08 Å². The summed E-state index contributed by atoms with van der Waals surface area (Å²) < 4.78 is 1.98. The molecule has 0 aliphatic heterocycles. The van der Waals surface area contributed by atoms with E-state index in [2.05, 4.69) is 0 Å². The van der Waals surface area contributed by atoms with E-state index in [4.69, 9.17) is 0 Å². The molecule has 3 heteroatoms. The molecule has 0 saturated carbocycles. The minimum Gasteiger partial charge on any atom is -0.351 e. The Morgan fingerprint density at radius 1 is 1.29 bits per heavy atom. The molecule has 0 fully saturated rings. The molecule has 3 nitrogen and oxygen atoms in total. The fourth-order valence-electron chi connectivity index (χ4n) is 2.00. The van der Waals surface area contributed by atoms with Gasteiger partial charge in [-0.2, -0.15) is 0 Å². The van der Waals surface area contributed by atoms with Crippen molar-refractivity contribution in [2.24, 2.45) is 7.05 Å². The van der Waals surface area contributed by atoms with Crippen LogP contribution in [0.1, 0.15) is 33.4 Å². The highest BCUT2D eigenvalue weighted by Gasteiger charge is 2.17. The van der Waals surface area contributed by atoms with Gasteiger partial charge in [0.15, 0.2) is 0 Å². The quantitative estimate of drug-likeness (QED) is 0.735. The van der Waals surface area contributed by atoms with E-state index in [9.17, 15) is 4.79 Å². The lowest BCUT2D eigenvalue weighted by Crippen LogP contribution is -2.41. The molecule has 1 aromatic rings. The van der Waals surface area contributed by atoms with E-state index in [1.54, 1.807) is 6.08 Å². The molecule has 0 bridgehead atoms. The predicted octanol–water partition coefficient (Wildman–Crippen LogP) is 2.68. The normalized spacial score (nSPS) is 11.7. The molecule has 0 aromatic carbocycles. The molecule has 0 radical (unpaired) electrons. The highest BCUT2D eigenvalue weighted by atomic mass is 16.2. The van der Waals surface area contributed by atoms with Crippen molar-refractivity contribution in [3.05, 3.63) is 30.1 Å². The molecule has 94 valence electrons. The Kier molecular flexibility index (Phi) is 4.55. The minimum absolute atomic E-state index is 0.0659. The van der Waals surface area contributed by atoms with Gasteiger partial charge in [0.1, 0.15) is 0 Å². The third kappa shape index (κ3) is 3.48. The van der Waals surface area contributed by atoms with Crippen LogP contribution >= 0.6 is 0 Å². The summed E-state index contributed by atoms with van der Waals surface area (Å²) >= 11 is 0. The molecular weight excluding hydrogens is 212 g/mol. The highest BCUT2D eigenvalue weighted by molar-refractivity contribution is 5.91. The topological polar surface area (TPSA) is 25.2 Å². The summed E-state index contributed by atoms with van der Waals surface area (Å²) in [6.45, 7) is 8.14. The van der Waals surface area contributed by atoms with Crippen molar-refractivity contribution < 1.29 is 4.79 Å². The summed E-state index contributed by atoms with van der Waals surface area (Å²) in [7, 11) is 1.97. The van der Waals surface area contributed by atoms with Crippen LogP contribution in [-0.2, 0) is 11.8 Å². The van der Waals surface area contributed by atoms with E-state index in [0.29, 0.717) is 0 Å². The number of rotatable bonds is 4. The number of hydrogen-bond donors (Lipinski definition) is 0. The van der Waals surface area contributed by atoms with Crippen LogP contribution in [0, 0.1) is 0 Å². The van der Waals surface area contributed by atoms with Gasteiger partial charge in [0, 0.05) is 37.1 Å². The van der Waals surface area contributed by atoms with E-state index >= 15 is 0 Å². The Balaban J connectivity index is 2.77. The van der Waals surface area contributed by atoms with Crippen molar-refractivity contribution in [3.8, 4) is 0 Å². The molecule has 0 aliphatic carbocycles. The summed E-state index contributed by atoms with van der Waals surface area (Å²) in [5, 5.41) is 0. The van der Waals surface area contributed by atoms with Gasteiger partial charge < -0.3 is 9.47 Å². The molecule has 0 unspecified atom stereocenters. The van der Waals surface area contributed by atoms with Crippen molar-refractivity contribution in [2.75, 3.05) is 0 Å². The summed E-state index contributed by atoms with van der Waals surface area (Å²) in [5.74, 6) is 0.0659. The van der Waals surface area contributed by atoms with E-state index < -0.39 is 0 Å². The maximum atomic E-state index is 12.1. The fourth-order valence-corrected chi connectivity index (χ4v) is 2.00. The molecule has 1 amide bonds. The molecular formula is C14H22N2O. The van der Waals surface area contributed by atoms with Crippen molar-refractivity contribution in [1.82, 2.24) is 9.47 Å². The third-order valence-corrected chi connectivity index (χ3v) is 2.75. The van der Waals surface area contributed by atoms with Crippen LogP contribution in [-0.4, -0.2) is 27.5 Å². The second-order valence-electron chi connectivity index (χ2n) is 4.81. The van der Waals surface area contributed by atoms with Gasteiger partial charge in [-0.3, -0.25) is 4.79 Å². The van der Waals surface area contributed by atoms with Gasteiger partial charge in [0.2, 0.25) is 5.91 Å². The largest absolute Gasteiger partial charge is 0.351 e. The first-order chi connectivity index (χ1) is 7.93. The van der Waals surface area contributed by atoms with E-state index in [1.165, 1.54) is 0 Å². The van der Waals surface area contributed by atoms with Crippen molar-refractivity contribution >= 4 is 12.0 Å². The number of hydrogen-bond acceptors (Lipinski definition) is 1. The molecule has 0 spiro atoms. The number of amides is 1. The lowest BCUT2D eigenvalue weighted by Gasteiger charge is -2.29. The second kappa shape index (κ2) is 5.71. The number of carbonyl (C=O) groups is 1. The molecule has 0 atom stereocenters. The maximum Gasteiger partial charge on any atom is 0.247 e. The average molecular weight is 234 g/mol. The molecule has 17 heavy (non-hydrogen) atoms. The number of nitrogens with zero attached hydrogens (tertiary/aromatic N) is 2. The van der Waals surface area contributed by atoms with E-state index in [1.807, 2.05) is 68.6 Å². The van der Waals surface area contributed by atoms with Crippen molar-refractivity contribution in [3.63, 3.8) is 0 Å². The highest BCUT2D eigenvalue weighted by Crippen LogP contribution is 2.08. The monoisotopic (exact) mass is 234 g/mol. The van der Waals surface area contributed by atoms with Crippen LogP contribution in [0.4, 0.5) is 0 Å². The van der Waals surface area contributed by atoms with Gasteiger partial charge in [0.05, 0.1) is 0 Å². The smallest absolute Gasteiger partial charge is 0.247 e. The molecule has 0 N–H and O–H groups in total. The van der Waals surface area contributed by atoms with Gasteiger partial charge >= 0.3 is 0 Å². The van der Waals surface area contributed by atoms with Gasteiger partial charge in [-0.1, -0.05) is 0 Å². The molecule has 1 rings (SSSR count). The van der Waals surface area contributed by atoms with Gasteiger partial charge in [-0.25, -0.2) is 0 Å². The Bertz CT molecular complexity index is 394. The van der Waals surface area contributed by atoms with Gasteiger partial charge in [0.25, 0.3) is 0 Å². The zero-order valence-electron chi connectivity index (χ0n) is 11.3.